The van der Waals surface area contributed by atoms with Crippen molar-refractivity contribution in [2.24, 2.45) is 0 Å². The molecule has 0 aromatic heterocycles. The maximum Gasteiger partial charge on any atom is 0.172 e. The van der Waals surface area contributed by atoms with Crippen LogP contribution in [0.5, 0.6) is 11.5 Å². The van der Waals surface area contributed by atoms with Crippen molar-refractivity contribution < 1.29 is 14.9 Å². The molecule has 1 unspecified atom stereocenters. The average molecular weight is 273 g/mol. The van der Waals surface area contributed by atoms with E-state index in [4.69, 9.17) is 9.84 Å². The largest absolute Gasteiger partial charge is 0.503 e. The molecule has 1 atom stereocenters. The molecule has 0 saturated heterocycles. The lowest BCUT2D eigenvalue weighted by Gasteiger charge is -2.06. The van der Waals surface area contributed by atoms with Crippen LogP contribution in [0.4, 0.5) is 0 Å². The third kappa shape index (κ3) is 3.25. The van der Waals surface area contributed by atoms with Gasteiger partial charge in [-0.2, -0.15) is 0 Å². The number of hydrogen-bond acceptors (Lipinski definition) is 3. The highest BCUT2D eigenvalue weighted by Gasteiger charge is 2.06. The van der Waals surface area contributed by atoms with Crippen molar-refractivity contribution in [2.45, 2.75) is 13.0 Å². The number of aliphatic hydroxyl groups excluding tert-OH is 1. The van der Waals surface area contributed by atoms with Gasteiger partial charge in [-0.1, -0.05) is 12.2 Å². The molecule has 0 amide bonds. The number of phenolic OH excluding ortho intramolecular Hbond substituents is 1. The number of halogens is 1. The summed E-state index contributed by atoms with van der Waals surface area (Å²) in [7, 11) is 1.49. The second-order valence-corrected chi connectivity index (χ2v) is 4.01. The van der Waals surface area contributed by atoms with Crippen LogP contribution in [0.25, 0.3) is 6.08 Å². The van der Waals surface area contributed by atoms with Gasteiger partial charge in [0.25, 0.3) is 0 Å². The van der Waals surface area contributed by atoms with Crippen molar-refractivity contribution in [1.29, 1.82) is 0 Å². The minimum absolute atomic E-state index is 0.0756. The first-order chi connectivity index (χ1) is 7.04. The minimum atomic E-state index is -0.497. The normalized spacial score (nSPS) is 13.1. The highest BCUT2D eigenvalue weighted by atomic mass is 79.9. The van der Waals surface area contributed by atoms with E-state index in [-0.39, 0.29) is 5.75 Å². The Morgan fingerprint density at radius 3 is 2.67 bits per heavy atom. The van der Waals surface area contributed by atoms with Crippen LogP contribution in [-0.4, -0.2) is 23.4 Å². The number of rotatable bonds is 3. The van der Waals surface area contributed by atoms with Gasteiger partial charge in [0.05, 0.1) is 17.7 Å². The number of aromatic hydroxyl groups is 1. The third-order valence-corrected chi connectivity index (χ3v) is 2.44. The van der Waals surface area contributed by atoms with Crippen molar-refractivity contribution >= 4 is 22.0 Å². The summed E-state index contributed by atoms with van der Waals surface area (Å²) in [5.41, 5.74) is 0.845. The molecule has 0 aliphatic rings. The van der Waals surface area contributed by atoms with Crippen LogP contribution in [0.1, 0.15) is 12.5 Å². The van der Waals surface area contributed by atoms with Gasteiger partial charge in [-0.3, -0.25) is 0 Å². The summed E-state index contributed by atoms with van der Waals surface area (Å²) in [6.45, 7) is 1.67. The lowest BCUT2D eigenvalue weighted by molar-refractivity contribution is 0.245. The van der Waals surface area contributed by atoms with Crippen molar-refractivity contribution in [3.05, 3.63) is 28.2 Å². The first-order valence-electron chi connectivity index (χ1n) is 4.47. The van der Waals surface area contributed by atoms with Crippen LogP contribution < -0.4 is 4.74 Å². The second kappa shape index (κ2) is 5.19. The minimum Gasteiger partial charge on any atom is -0.503 e. The zero-order valence-electron chi connectivity index (χ0n) is 8.57. The van der Waals surface area contributed by atoms with E-state index in [9.17, 15) is 5.11 Å². The Bertz CT molecular complexity index is 372. The summed E-state index contributed by atoms with van der Waals surface area (Å²) in [5.74, 6) is 0.473. The van der Waals surface area contributed by atoms with Gasteiger partial charge < -0.3 is 14.9 Å². The molecule has 4 heteroatoms. The number of benzene rings is 1. The molecule has 1 rings (SSSR count). The lowest BCUT2D eigenvalue weighted by Crippen LogP contribution is -1.91. The first kappa shape index (κ1) is 12.1. The lowest BCUT2D eigenvalue weighted by atomic mass is 10.1. The van der Waals surface area contributed by atoms with E-state index in [1.165, 1.54) is 7.11 Å². The summed E-state index contributed by atoms with van der Waals surface area (Å²) < 4.78 is 5.56. The second-order valence-electron chi connectivity index (χ2n) is 3.15. The van der Waals surface area contributed by atoms with Gasteiger partial charge in [0.2, 0.25) is 0 Å². The Kier molecular flexibility index (Phi) is 4.17. The molecule has 15 heavy (non-hydrogen) atoms. The molecule has 0 heterocycles. The number of ether oxygens (including phenoxy) is 1. The highest BCUT2D eigenvalue weighted by molar-refractivity contribution is 9.10. The standard InChI is InChI=1S/C11H13BrO3/c1-7(13)3-4-8-5-9(12)11(14)10(6-8)15-2/h3-7,13-14H,1-2H3/b4-3+. The molecule has 0 aliphatic heterocycles. The van der Waals surface area contributed by atoms with E-state index in [0.29, 0.717) is 10.2 Å². The summed E-state index contributed by atoms with van der Waals surface area (Å²) in [6.07, 6.45) is 2.92. The maximum absolute atomic E-state index is 9.55. The fourth-order valence-electron chi connectivity index (χ4n) is 1.10. The summed E-state index contributed by atoms with van der Waals surface area (Å²) >= 11 is 3.22. The van der Waals surface area contributed by atoms with E-state index in [1.807, 2.05) is 0 Å². The van der Waals surface area contributed by atoms with Gasteiger partial charge in [-0.15, -0.1) is 0 Å². The predicted molar refractivity (Wildman–Crippen MR) is 63.1 cm³/mol. The molecular weight excluding hydrogens is 260 g/mol. The summed E-state index contributed by atoms with van der Waals surface area (Å²) in [4.78, 5) is 0. The smallest absolute Gasteiger partial charge is 0.172 e. The van der Waals surface area contributed by atoms with Crippen molar-refractivity contribution in [3.8, 4) is 11.5 Å². The van der Waals surface area contributed by atoms with Crippen LogP contribution in [0.3, 0.4) is 0 Å². The molecule has 0 bridgehead atoms. The zero-order chi connectivity index (χ0) is 11.4. The van der Waals surface area contributed by atoms with E-state index in [2.05, 4.69) is 15.9 Å². The van der Waals surface area contributed by atoms with Crippen LogP contribution in [0.15, 0.2) is 22.7 Å². The fraction of sp³-hybridized carbons (Fsp3) is 0.273. The topological polar surface area (TPSA) is 49.7 Å². The molecule has 0 spiro atoms. The molecular formula is C11H13BrO3. The van der Waals surface area contributed by atoms with E-state index >= 15 is 0 Å². The summed E-state index contributed by atoms with van der Waals surface area (Å²) in [5, 5.41) is 18.6. The van der Waals surface area contributed by atoms with Crippen molar-refractivity contribution in [3.63, 3.8) is 0 Å². The molecule has 0 fully saturated rings. The van der Waals surface area contributed by atoms with Crippen LogP contribution in [0, 0.1) is 0 Å². The first-order valence-corrected chi connectivity index (χ1v) is 5.26. The summed E-state index contributed by atoms with van der Waals surface area (Å²) in [6, 6.07) is 3.44. The number of phenols is 1. The Balaban J connectivity index is 3.06. The van der Waals surface area contributed by atoms with E-state index in [1.54, 1.807) is 31.2 Å². The zero-order valence-corrected chi connectivity index (χ0v) is 10.2. The van der Waals surface area contributed by atoms with Crippen LogP contribution in [-0.2, 0) is 0 Å². The maximum atomic E-state index is 9.55. The Morgan fingerprint density at radius 1 is 1.47 bits per heavy atom. The molecule has 1 aromatic carbocycles. The fourth-order valence-corrected chi connectivity index (χ4v) is 1.56. The van der Waals surface area contributed by atoms with Crippen LogP contribution >= 0.6 is 15.9 Å². The SMILES string of the molecule is COc1cc(/C=C/C(C)O)cc(Br)c1O. The molecule has 82 valence electrons. The van der Waals surface area contributed by atoms with E-state index in [0.717, 1.165) is 5.56 Å². The molecule has 0 radical (unpaired) electrons. The Morgan fingerprint density at radius 2 is 2.13 bits per heavy atom. The van der Waals surface area contributed by atoms with Crippen molar-refractivity contribution in [2.75, 3.05) is 7.11 Å². The molecule has 0 aliphatic carbocycles. The predicted octanol–water partition coefficient (Wildman–Crippen LogP) is 2.56. The highest BCUT2D eigenvalue weighted by Crippen LogP contribution is 2.35. The third-order valence-electron chi connectivity index (χ3n) is 1.84. The molecule has 0 saturated carbocycles. The van der Waals surface area contributed by atoms with Gasteiger partial charge in [-0.25, -0.2) is 0 Å². The van der Waals surface area contributed by atoms with Crippen LogP contribution in [0.2, 0.25) is 0 Å². The average Bonchev–Trinajstić information content (AvgIpc) is 2.19. The van der Waals surface area contributed by atoms with Gasteiger partial charge in [-0.05, 0) is 40.5 Å². The number of aliphatic hydroxyl groups is 1. The van der Waals surface area contributed by atoms with E-state index < -0.39 is 6.10 Å². The molecule has 2 N–H and O–H groups in total. The quantitative estimate of drug-likeness (QED) is 0.889. The van der Waals surface area contributed by atoms with Gasteiger partial charge in [0.15, 0.2) is 11.5 Å². The monoisotopic (exact) mass is 272 g/mol. The molecule has 3 nitrogen and oxygen atoms in total. The Labute approximate surface area is 97.1 Å². The Hall–Kier alpha value is -1.00. The van der Waals surface area contributed by atoms with Gasteiger partial charge >= 0.3 is 0 Å². The molecule has 1 aromatic rings. The van der Waals surface area contributed by atoms with Gasteiger partial charge in [0.1, 0.15) is 0 Å². The van der Waals surface area contributed by atoms with Gasteiger partial charge in [0, 0.05) is 0 Å². The number of hydrogen-bond donors (Lipinski definition) is 2. The number of methoxy groups -OCH3 is 1. The van der Waals surface area contributed by atoms with Crippen molar-refractivity contribution in [1.82, 2.24) is 0 Å².